The first kappa shape index (κ1) is 18.9. The van der Waals surface area contributed by atoms with Crippen molar-refractivity contribution >= 4 is 23.5 Å². The zero-order valence-corrected chi connectivity index (χ0v) is 15.2. The number of nitrogens with one attached hydrogen (secondary N) is 1. The highest BCUT2D eigenvalue weighted by atomic mass is 35.5. The fourth-order valence-corrected chi connectivity index (χ4v) is 2.44. The third-order valence-electron chi connectivity index (χ3n) is 3.85. The topological polar surface area (TPSA) is 79.3 Å². The standard InChI is InChI=1S/C19H21ClN2O3/c1-19(2,3)14-7-5-13(6-8-14)17(23)22-15(18(24)25)10-12-4-9-16(20)21-11-12/h4-9,11,15H,10H2,1-3H3,(H,22,23)(H,24,25)/t15-/m0/s1. The molecular formula is C19H21ClN2O3. The van der Waals surface area contributed by atoms with Gasteiger partial charge in [0, 0.05) is 18.2 Å². The smallest absolute Gasteiger partial charge is 0.326 e. The van der Waals surface area contributed by atoms with E-state index in [-0.39, 0.29) is 11.8 Å². The molecule has 132 valence electrons. The first-order valence-electron chi connectivity index (χ1n) is 7.91. The fourth-order valence-electron chi connectivity index (χ4n) is 2.33. The number of halogens is 1. The Balaban J connectivity index is 2.09. The minimum Gasteiger partial charge on any atom is -0.480 e. The number of amides is 1. The van der Waals surface area contributed by atoms with Crippen molar-refractivity contribution < 1.29 is 14.7 Å². The fraction of sp³-hybridized carbons (Fsp3) is 0.316. The van der Waals surface area contributed by atoms with Crippen LogP contribution < -0.4 is 5.32 Å². The summed E-state index contributed by atoms with van der Waals surface area (Å²) in [4.78, 5) is 27.7. The minimum atomic E-state index is -1.10. The monoisotopic (exact) mass is 360 g/mol. The van der Waals surface area contributed by atoms with Crippen LogP contribution in [0.4, 0.5) is 0 Å². The highest BCUT2D eigenvalue weighted by Crippen LogP contribution is 2.22. The Morgan fingerprint density at radius 1 is 1.16 bits per heavy atom. The Morgan fingerprint density at radius 2 is 1.80 bits per heavy atom. The quantitative estimate of drug-likeness (QED) is 0.800. The van der Waals surface area contributed by atoms with Crippen LogP contribution in [0.5, 0.6) is 0 Å². The molecule has 0 saturated carbocycles. The number of aliphatic carboxylic acids is 1. The number of carbonyl (C=O) groups excluding carboxylic acids is 1. The third-order valence-corrected chi connectivity index (χ3v) is 4.07. The highest BCUT2D eigenvalue weighted by Gasteiger charge is 2.22. The van der Waals surface area contributed by atoms with E-state index in [1.165, 1.54) is 6.20 Å². The SMILES string of the molecule is CC(C)(C)c1ccc(C(=O)N[C@@H](Cc2ccc(Cl)nc2)C(=O)O)cc1. The molecule has 1 aromatic heterocycles. The van der Waals surface area contributed by atoms with Crippen molar-refractivity contribution in [3.8, 4) is 0 Å². The van der Waals surface area contributed by atoms with Gasteiger partial charge >= 0.3 is 5.97 Å². The average Bonchev–Trinajstić information content (AvgIpc) is 2.55. The molecule has 2 rings (SSSR count). The summed E-state index contributed by atoms with van der Waals surface area (Å²) < 4.78 is 0. The van der Waals surface area contributed by atoms with Crippen molar-refractivity contribution in [3.05, 3.63) is 64.4 Å². The van der Waals surface area contributed by atoms with Crippen LogP contribution in [0.2, 0.25) is 5.15 Å². The summed E-state index contributed by atoms with van der Waals surface area (Å²) in [7, 11) is 0. The number of carboxylic acid groups (broad SMARTS) is 1. The number of hydrogen-bond acceptors (Lipinski definition) is 3. The number of benzene rings is 1. The number of carbonyl (C=O) groups is 2. The molecule has 0 aliphatic heterocycles. The summed E-state index contributed by atoms with van der Waals surface area (Å²) in [5.41, 5.74) is 2.19. The first-order chi connectivity index (χ1) is 11.7. The van der Waals surface area contributed by atoms with Crippen LogP contribution in [0.1, 0.15) is 42.3 Å². The van der Waals surface area contributed by atoms with Crippen molar-refractivity contribution in [3.63, 3.8) is 0 Å². The summed E-state index contributed by atoms with van der Waals surface area (Å²) in [5, 5.41) is 12.3. The van der Waals surface area contributed by atoms with Gasteiger partial charge in [-0.05, 0) is 34.7 Å². The molecule has 6 heteroatoms. The molecule has 1 amide bonds. The van der Waals surface area contributed by atoms with Gasteiger partial charge in [-0.3, -0.25) is 4.79 Å². The van der Waals surface area contributed by atoms with Gasteiger partial charge in [-0.25, -0.2) is 9.78 Å². The van der Waals surface area contributed by atoms with E-state index in [0.29, 0.717) is 16.3 Å². The lowest BCUT2D eigenvalue weighted by Gasteiger charge is -2.19. The van der Waals surface area contributed by atoms with E-state index in [4.69, 9.17) is 11.6 Å². The van der Waals surface area contributed by atoms with Crippen molar-refractivity contribution in [1.29, 1.82) is 0 Å². The number of aromatic nitrogens is 1. The maximum atomic E-state index is 12.4. The summed E-state index contributed by atoms with van der Waals surface area (Å²) in [6, 6.07) is 9.41. The van der Waals surface area contributed by atoms with E-state index in [9.17, 15) is 14.7 Å². The molecule has 5 nitrogen and oxygen atoms in total. The Bertz CT molecular complexity index is 750. The maximum Gasteiger partial charge on any atom is 0.326 e. The van der Waals surface area contributed by atoms with E-state index in [2.05, 4.69) is 31.1 Å². The van der Waals surface area contributed by atoms with Gasteiger partial charge in [0.05, 0.1) is 0 Å². The number of hydrogen-bond donors (Lipinski definition) is 2. The van der Waals surface area contributed by atoms with Crippen LogP contribution in [0.15, 0.2) is 42.6 Å². The van der Waals surface area contributed by atoms with Crippen molar-refractivity contribution in [2.24, 2.45) is 0 Å². The zero-order valence-electron chi connectivity index (χ0n) is 14.4. The molecule has 1 heterocycles. The van der Waals surface area contributed by atoms with E-state index in [1.54, 1.807) is 24.3 Å². The average molecular weight is 361 g/mol. The van der Waals surface area contributed by atoms with E-state index in [1.807, 2.05) is 12.1 Å². The molecule has 0 spiro atoms. The molecular weight excluding hydrogens is 340 g/mol. The molecule has 0 aliphatic rings. The van der Waals surface area contributed by atoms with Crippen LogP contribution in [-0.2, 0) is 16.6 Å². The molecule has 2 aromatic rings. The maximum absolute atomic E-state index is 12.4. The van der Waals surface area contributed by atoms with Gasteiger partial charge in [0.25, 0.3) is 5.91 Å². The van der Waals surface area contributed by atoms with Crippen LogP contribution >= 0.6 is 11.6 Å². The van der Waals surface area contributed by atoms with Gasteiger partial charge in [-0.15, -0.1) is 0 Å². The zero-order chi connectivity index (χ0) is 18.6. The van der Waals surface area contributed by atoms with E-state index >= 15 is 0 Å². The van der Waals surface area contributed by atoms with Crippen LogP contribution in [0, 0.1) is 0 Å². The van der Waals surface area contributed by atoms with Crippen LogP contribution in [0.25, 0.3) is 0 Å². The summed E-state index contributed by atoms with van der Waals surface area (Å²) >= 11 is 5.72. The summed E-state index contributed by atoms with van der Waals surface area (Å²) in [6.45, 7) is 6.26. The van der Waals surface area contributed by atoms with E-state index < -0.39 is 17.9 Å². The van der Waals surface area contributed by atoms with Crippen LogP contribution in [0.3, 0.4) is 0 Å². The largest absolute Gasteiger partial charge is 0.480 e. The van der Waals surface area contributed by atoms with Gasteiger partial charge in [0.2, 0.25) is 0 Å². The molecule has 0 unspecified atom stereocenters. The van der Waals surface area contributed by atoms with Gasteiger partial charge in [-0.2, -0.15) is 0 Å². The second kappa shape index (κ2) is 7.66. The lowest BCUT2D eigenvalue weighted by molar-refractivity contribution is -0.139. The third kappa shape index (κ3) is 5.29. The Morgan fingerprint density at radius 3 is 2.28 bits per heavy atom. The van der Waals surface area contributed by atoms with Gasteiger partial charge < -0.3 is 10.4 Å². The second-order valence-electron chi connectivity index (χ2n) is 6.88. The summed E-state index contributed by atoms with van der Waals surface area (Å²) in [5.74, 6) is -1.52. The molecule has 1 atom stereocenters. The Kier molecular flexibility index (Phi) is 5.80. The molecule has 0 radical (unpaired) electrons. The minimum absolute atomic E-state index is 0.0137. The number of carboxylic acids is 1. The second-order valence-corrected chi connectivity index (χ2v) is 7.27. The lowest BCUT2D eigenvalue weighted by atomic mass is 9.86. The normalized spacial score (nSPS) is 12.5. The van der Waals surface area contributed by atoms with E-state index in [0.717, 1.165) is 5.56 Å². The van der Waals surface area contributed by atoms with Crippen molar-refractivity contribution in [1.82, 2.24) is 10.3 Å². The molecule has 0 aliphatic carbocycles. The first-order valence-corrected chi connectivity index (χ1v) is 8.29. The molecule has 2 N–H and O–H groups in total. The highest BCUT2D eigenvalue weighted by molar-refractivity contribution is 6.29. The summed E-state index contributed by atoms with van der Waals surface area (Å²) in [6.07, 6.45) is 1.63. The van der Waals surface area contributed by atoms with Crippen molar-refractivity contribution in [2.45, 2.75) is 38.6 Å². The number of nitrogens with zero attached hydrogens (tertiary/aromatic N) is 1. The number of rotatable bonds is 5. The van der Waals surface area contributed by atoms with Gasteiger partial charge in [0.15, 0.2) is 0 Å². The molecule has 25 heavy (non-hydrogen) atoms. The molecule has 1 aromatic carbocycles. The Hall–Kier alpha value is -2.40. The van der Waals surface area contributed by atoms with Gasteiger partial charge in [0.1, 0.15) is 11.2 Å². The number of pyridine rings is 1. The predicted octanol–water partition coefficient (Wildman–Crippen LogP) is 3.46. The van der Waals surface area contributed by atoms with Crippen molar-refractivity contribution in [2.75, 3.05) is 0 Å². The predicted molar refractivity (Wildman–Crippen MR) is 97.0 cm³/mol. The molecule has 0 saturated heterocycles. The molecule has 0 fully saturated rings. The Labute approximate surface area is 152 Å². The lowest BCUT2D eigenvalue weighted by Crippen LogP contribution is -2.42. The van der Waals surface area contributed by atoms with Crippen LogP contribution in [-0.4, -0.2) is 28.0 Å². The molecule has 0 bridgehead atoms. The van der Waals surface area contributed by atoms with Gasteiger partial charge in [-0.1, -0.05) is 50.6 Å².